The molecular formula is C25H21BrN4O. The Bertz CT molecular complexity index is 1270. The van der Waals surface area contributed by atoms with Crippen LogP contribution < -0.4 is 10.3 Å². The molecule has 6 heteroatoms. The zero-order valence-corrected chi connectivity index (χ0v) is 18.8. The van der Waals surface area contributed by atoms with Crippen LogP contribution in [0.1, 0.15) is 15.9 Å². The average molecular weight is 473 g/mol. The van der Waals surface area contributed by atoms with E-state index in [2.05, 4.69) is 26.5 Å². The number of aromatic nitrogens is 1. The molecule has 5 nitrogen and oxygen atoms in total. The van der Waals surface area contributed by atoms with E-state index in [0.29, 0.717) is 5.56 Å². The van der Waals surface area contributed by atoms with Gasteiger partial charge in [-0.3, -0.25) is 4.79 Å². The van der Waals surface area contributed by atoms with Crippen molar-refractivity contribution in [1.29, 1.82) is 0 Å². The monoisotopic (exact) mass is 472 g/mol. The summed E-state index contributed by atoms with van der Waals surface area (Å²) in [7, 11) is 3.97. The quantitative estimate of drug-likeness (QED) is 0.308. The first kappa shape index (κ1) is 20.8. The third-order valence-electron chi connectivity index (χ3n) is 4.86. The number of benzene rings is 3. The fourth-order valence-electron chi connectivity index (χ4n) is 3.31. The van der Waals surface area contributed by atoms with Gasteiger partial charge < -0.3 is 4.90 Å². The summed E-state index contributed by atoms with van der Waals surface area (Å²) in [5.41, 5.74) is 7.60. The molecule has 0 unspecified atom stereocenters. The fraction of sp³-hybridized carbons (Fsp3) is 0.0800. The van der Waals surface area contributed by atoms with Crippen molar-refractivity contribution in [3.8, 4) is 11.3 Å². The molecule has 1 N–H and O–H groups in total. The lowest BCUT2D eigenvalue weighted by atomic mass is 10.0. The molecule has 1 heterocycles. The largest absolute Gasteiger partial charge is 0.377 e. The van der Waals surface area contributed by atoms with Crippen LogP contribution in [0.15, 0.2) is 88.4 Å². The van der Waals surface area contributed by atoms with E-state index in [9.17, 15) is 4.79 Å². The number of nitrogens with one attached hydrogen (secondary N) is 1. The molecule has 0 saturated carbocycles. The van der Waals surface area contributed by atoms with Crippen LogP contribution in [0, 0.1) is 0 Å². The Morgan fingerprint density at radius 1 is 1.00 bits per heavy atom. The molecule has 4 aromatic rings. The number of amides is 1. The number of nitrogens with zero attached hydrogens (tertiary/aromatic N) is 3. The first-order valence-corrected chi connectivity index (χ1v) is 10.6. The van der Waals surface area contributed by atoms with Gasteiger partial charge in [-0.25, -0.2) is 10.4 Å². The van der Waals surface area contributed by atoms with E-state index in [4.69, 9.17) is 4.98 Å². The zero-order valence-electron chi connectivity index (χ0n) is 17.2. The maximum atomic E-state index is 13.0. The van der Waals surface area contributed by atoms with Crippen molar-refractivity contribution in [2.75, 3.05) is 19.0 Å². The van der Waals surface area contributed by atoms with Crippen molar-refractivity contribution in [3.63, 3.8) is 0 Å². The lowest BCUT2D eigenvalue weighted by Gasteiger charge is -2.14. The van der Waals surface area contributed by atoms with Gasteiger partial charge in [-0.05, 0) is 45.8 Å². The highest BCUT2D eigenvalue weighted by molar-refractivity contribution is 9.10. The molecule has 0 spiro atoms. The highest BCUT2D eigenvalue weighted by Crippen LogP contribution is 2.26. The lowest BCUT2D eigenvalue weighted by molar-refractivity contribution is 0.0956. The predicted octanol–water partition coefficient (Wildman–Crippen LogP) is 5.49. The first-order chi connectivity index (χ1) is 15.0. The molecule has 0 radical (unpaired) electrons. The lowest BCUT2D eigenvalue weighted by Crippen LogP contribution is -2.18. The van der Waals surface area contributed by atoms with Crippen LogP contribution in [0.2, 0.25) is 0 Å². The minimum absolute atomic E-state index is 0.281. The van der Waals surface area contributed by atoms with Gasteiger partial charge in [0.15, 0.2) is 0 Å². The molecular weight excluding hydrogens is 452 g/mol. The number of para-hydroxylation sites is 1. The number of carbonyl (C=O) groups is 1. The van der Waals surface area contributed by atoms with Crippen molar-refractivity contribution in [3.05, 3.63) is 94.5 Å². The van der Waals surface area contributed by atoms with Crippen LogP contribution in [0.4, 0.5) is 5.69 Å². The second kappa shape index (κ2) is 9.10. The highest BCUT2D eigenvalue weighted by atomic mass is 79.9. The Kier molecular flexibility index (Phi) is 6.09. The number of fused-ring (bicyclic) bond motifs is 1. The summed E-state index contributed by atoms with van der Waals surface area (Å²) in [6.45, 7) is 0. The summed E-state index contributed by atoms with van der Waals surface area (Å²) in [5.74, 6) is -0.281. The average Bonchev–Trinajstić information content (AvgIpc) is 2.78. The van der Waals surface area contributed by atoms with Crippen LogP contribution in [0.3, 0.4) is 0 Å². The van der Waals surface area contributed by atoms with Gasteiger partial charge in [0.25, 0.3) is 5.91 Å². The Morgan fingerprint density at radius 2 is 1.74 bits per heavy atom. The minimum Gasteiger partial charge on any atom is -0.377 e. The molecule has 1 amide bonds. The molecule has 0 fully saturated rings. The van der Waals surface area contributed by atoms with Crippen LogP contribution in [-0.2, 0) is 0 Å². The summed E-state index contributed by atoms with van der Waals surface area (Å²) in [4.78, 5) is 19.7. The van der Waals surface area contributed by atoms with E-state index < -0.39 is 0 Å². The normalized spacial score (nSPS) is 11.1. The summed E-state index contributed by atoms with van der Waals surface area (Å²) < 4.78 is 0.959. The van der Waals surface area contributed by atoms with E-state index in [1.54, 1.807) is 6.21 Å². The van der Waals surface area contributed by atoms with Crippen LogP contribution >= 0.6 is 15.9 Å². The molecule has 31 heavy (non-hydrogen) atoms. The second-order valence-electron chi connectivity index (χ2n) is 7.24. The van der Waals surface area contributed by atoms with Crippen LogP contribution in [-0.4, -0.2) is 31.2 Å². The maximum absolute atomic E-state index is 13.0. The number of hydrogen-bond donors (Lipinski definition) is 1. The fourth-order valence-corrected chi connectivity index (χ4v) is 4.06. The van der Waals surface area contributed by atoms with Gasteiger partial charge in [-0.15, -0.1) is 0 Å². The molecule has 0 bridgehead atoms. The first-order valence-electron chi connectivity index (χ1n) is 9.78. The van der Waals surface area contributed by atoms with Crippen molar-refractivity contribution in [2.45, 2.75) is 0 Å². The number of hydrazone groups is 1. The Balaban J connectivity index is 1.62. The van der Waals surface area contributed by atoms with Gasteiger partial charge >= 0.3 is 0 Å². The number of hydrogen-bond acceptors (Lipinski definition) is 4. The van der Waals surface area contributed by atoms with Gasteiger partial charge in [-0.2, -0.15) is 5.10 Å². The summed E-state index contributed by atoms with van der Waals surface area (Å²) >= 11 is 3.56. The number of anilines is 1. The predicted molar refractivity (Wildman–Crippen MR) is 131 cm³/mol. The molecule has 1 aromatic heterocycles. The van der Waals surface area contributed by atoms with Gasteiger partial charge in [-0.1, -0.05) is 54.6 Å². The minimum atomic E-state index is -0.281. The number of carbonyl (C=O) groups excluding carboxylic acids is 1. The summed E-state index contributed by atoms with van der Waals surface area (Å²) in [6.07, 6.45) is 1.63. The molecule has 0 aliphatic heterocycles. The van der Waals surface area contributed by atoms with Gasteiger partial charge in [0, 0.05) is 29.5 Å². The molecule has 0 atom stereocenters. The third-order valence-corrected chi connectivity index (χ3v) is 5.50. The molecule has 0 aliphatic rings. The van der Waals surface area contributed by atoms with E-state index in [0.717, 1.165) is 37.9 Å². The molecule has 0 aliphatic carbocycles. The van der Waals surface area contributed by atoms with E-state index >= 15 is 0 Å². The summed E-state index contributed by atoms with van der Waals surface area (Å²) in [5, 5.41) is 4.95. The van der Waals surface area contributed by atoms with Crippen LogP contribution in [0.5, 0.6) is 0 Å². The van der Waals surface area contributed by atoms with Crippen molar-refractivity contribution < 1.29 is 4.79 Å². The standard InChI is InChI=1S/C25H21BrN4O/c1-30(2)24-13-12-17(14-21(24)26)16-27-29-25(31)20-15-23(18-8-4-3-5-9-18)28-22-11-7-6-10-19(20)22/h3-16H,1-2H3,(H,29,31)/b27-16+. The molecule has 0 saturated heterocycles. The highest BCUT2D eigenvalue weighted by Gasteiger charge is 2.13. The Labute approximate surface area is 189 Å². The number of halogens is 1. The van der Waals surface area contributed by atoms with Gasteiger partial charge in [0.2, 0.25) is 0 Å². The second-order valence-corrected chi connectivity index (χ2v) is 8.10. The zero-order chi connectivity index (χ0) is 21.8. The van der Waals surface area contributed by atoms with Crippen molar-refractivity contribution in [2.24, 2.45) is 5.10 Å². The van der Waals surface area contributed by atoms with Gasteiger partial charge in [0.05, 0.1) is 28.7 Å². The Morgan fingerprint density at radius 3 is 2.48 bits per heavy atom. The molecule has 154 valence electrons. The maximum Gasteiger partial charge on any atom is 0.272 e. The third kappa shape index (κ3) is 4.64. The van der Waals surface area contributed by atoms with E-state index in [1.807, 2.05) is 97.9 Å². The summed E-state index contributed by atoms with van der Waals surface area (Å²) in [6, 6.07) is 25.2. The molecule has 4 rings (SSSR count). The van der Waals surface area contributed by atoms with Gasteiger partial charge in [0.1, 0.15) is 0 Å². The SMILES string of the molecule is CN(C)c1ccc(/C=N/NC(=O)c2cc(-c3ccccc3)nc3ccccc23)cc1Br. The number of rotatable bonds is 5. The Hall–Kier alpha value is -3.51. The molecule has 3 aromatic carbocycles. The van der Waals surface area contributed by atoms with Crippen LogP contribution in [0.25, 0.3) is 22.2 Å². The van der Waals surface area contributed by atoms with E-state index in [-0.39, 0.29) is 5.91 Å². The van der Waals surface area contributed by atoms with E-state index in [1.165, 1.54) is 0 Å². The topological polar surface area (TPSA) is 57.6 Å². The number of pyridine rings is 1. The van der Waals surface area contributed by atoms with Crippen molar-refractivity contribution >= 4 is 44.6 Å². The smallest absolute Gasteiger partial charge is 0.272 e. The van der Waals surface area contributed by atoms with Crippen molar-refractivity contribution in [1.82, 2.24) is 10.4 Å².